The van der Waals surface area contributed by atoms with E-state index in [1.54, 1.807) is 0 Å². The van der Waals surface area contributed by atoms with E-state index in [2.05, 4.69) is 131 Å². The molecule has 2 aliphatic carbocycles. The van der Waals surface area contributed by atoms with Crippen molar-refractivity contribution in [1.29, 1.82) is 0 Å². The average Bonchev–Trinajstić information content (AvgIpc) is 3.72. The summed E-state index contributed by atoms with van der Waals surface area (Å²) in [5, 5.41) is 3.71. The second kappa shape index (κ2) is 10.4. The monoisotopic (exact) mass is 639 g/mol. The zero-order valence-electron chi connectivity index (χ0n) is 27.3. The Morgan fingerprint density at radius 2 is 1.53 bits per heavy atom. The van der Waals surface area contributed by atoms with Crippen molar-refractivity contribution >= 4 is 11.9 Å². The number of benzene rings is 4. The van der Waals surface area contributed by atoms with Crippen LogP contribution in [-0.2, 0) is 5.41 Å². The third kappa shape index (κ3) is 3.84. The van der Waals surface area contributed by atoms with Crippen molar-refractivity contribution in [2.24, 2.45) is 10.9 Å². The normalized spacial score (nSPS) is 28.0. The quantitative estimate of drug-likeness (QED) is 0.243. The molecule has 0 saturated carbocycles. The van der Waals surface area contributed by atoms with E-state index in [-0.39, 0.29) is 6.04 Å². The first-order valence-electron chi connectivity index (χ1n) is 17.9. The van der Waals surface area contributed by atoms with E-state index < -0.39 is 5.41 Å². The van der Waals surface area contributed by atoms with Crippen molar-refractivity contribution in [2.75, 3.05) is 11.4 Å². The molecule has 49 heavy (non-hydrogen) atoms. The summed E-state index contributed by atoms with van der Waals surface area (Å²) in [6.07, 6.45) is 16.1. The molecule has 4 aromatic carbocycles. The Balaban J connectivity index is 1.07. The zero-order valence-corrected chi connectivity index (χ0v) is 27.3. The molecule has 1 spiro atoms. The number of hydrogen-bond acceptors (Lipinski definition) is 5. The van der Waals surface area contributed by atoms with E-state index in [0.29, 0.717) is 17.9 Å². The van der Waals surface area contributed by atoms with Crippen molar-refractivity contribution in [3.63, 3.8) is 0 Å². The lowest BCUT2D eigenvalue weighted by atomic mass is 9.59. The van der Waals surface area contributed by atoms with Gasteiger partial charge in [0.2, 0.25) is 0 Å². The molecule has 11 rings (SSSR count). The van der Waals surface area contributed by atoms with Gasteiger partial charge >= 0.3 is 0 Å². The fourth-order valence-electron chi connectivity index (χ4n) is 9.83. The molecule has 7 aliphatic rings. The van der Waals surface area contributed by atoms with Gasteiger partial charge in [0.05, 0.1) is 17.5 Å². The topological polar surface area (TPSA) is 46.1 Å². The molecule has 5 aliphatic heterocycles. The van der Waals surface area contributed by atoms with Crippen LogP contribution in [0, 0.1) is 5.92 Å². The number of fused-ring (bicyclic) bond motifs is 9. The minimum Gasteiger partial charge on any atom is -0.461 e. The van der Waals surface area contributed by atoms with Gasteiger partial charge in [0, 0.05) is 77.8 Å². The molecular weight excluding hydrogens is 603 g/mol. The number of nitrogens with zero attached hydrogens (tertiary/aromatic N) is 2. The first-order valence-corrected chi connectivity index (χ1v) is 17.9. The lowest BCUT2D eigenvalue weighted by Crippen LogP contribution is -2.40. The predicted octanol–water partition coefficient (Wildman–Crippen LogP) is 9.39. The molecule has 0 aromatic heterocycles. The molecule has 5 heteroatoms. The summed E-state index contributed by atoms with van der Waals surface area (Å²) in [6, 6.07) is 34.1. The molecule has 5 unspecified atom stereocenters. The van der Waals surface area contributed by atoms with Crippen molar-refractivity contribution in [1.82, 2.24) is 5.32 Å². The summed E-state index contributed by atoms with van der Waals surface area (Å²) in [4.78, 5) is 7.15. The number of aliphatic imine (C=N–C) groups is 1. The minimum absolute atomic E-state index is 0.272. The molecule has 5 nitrogen and oxygen atoms in total. The van der Waals surface area contributed by atoms with Crippen LogP contribution in [0.1, 0.15) is 71.9 Å². The average molecular weight is 640 g/mol. The highest BCUT2D eigenvalue weighted by molar-refractivity contribution is 5.75. The Bertz CT molecular complexity index is 2220. The van der Waals surface area contributed by atoms with Gasteiger partial charge < -0.3 is 19.7 Å². The van der Waals surface area contributed by atoms with E-state index in [1.165, 1.54) is 50.5 Å². The summed E-state index contributed by atoms with van der Waals surface area (Å²) >= 11 is 0. The van der Waals surface area contributed by atoms with Gasteiger partial charge in [-0.1, -0.05) is 91.0 Å². The first-order chi connectivity index (χ1) is 24.3. The highest BCUT2D eigenvalue weighted by Gasteiger charge is 2.53. The lowest BCUT2D eigenvalue weighted by molar-refractivity contribution is 0.312. The van der Waals surface area contributed by atoms with Crippen molar-refractivity contribution in [3.05, 3.63) is 166 Å². The highest BCUT2D eigenvalue weighted by Crippen LogP contribution is 2.63. The van der Waals surface area contributed by atoms with Crippen LogP contribution in [-0.4, -0.2) is 18.8 Å². The Morgan fingerprint density at radius 3 is 2.37 bits per heavy atom. The van der Waals surface area contributed by atoms with Crippen LogP contribution in [0.5, 0.6) is 17.2 Å². The van der Waals surface area contributed by atoms with E-state index >= 15 is 0 Å². The SMILES string of the molecule is C1=CC2C3=C(CCN3)N(c3ccc4c(c3)Oc3ccccc3C43C4=C(CC(c5cccc(C6CC=N6)c5)CC4)Oc4ccccc43)C2C=C1. The maximum atomic E-state index is 6.95. The molecule has 4 aromatic rings. The molecule has 0 amide bonds. The van der Waals surface area contributed by atoms with Crippen LogP contribution in [0.2, 0.25) is 0 Å². The van der Waals surface area contributed by atoms with E-state index in [0.717, 1.165) is 61.7 Å². The Morgan fingerprint density at radius 1 is 0.755 bits per heavy atom. The smallest absolute Gasteiger partial charge is 0.134 e. The van der Waals surface area contributed by atoms with Crippen LogP contribution < -0.4 is 19.7 Å². The number of allylic oxidation sites excluding steroid dienone is 4. The second-order valence-corrected chi connectivity index (χ2v) is 14.4. The predicted molar refractivity (Wildman–Crippen MR) is 194 cm³/mol. The molecule has 0 saturated heterocycles. The third-order valence-corrected chi connectivity index (χ3v) is 12.0. The van der Waals surface area contributed by atoms with Gasteiger partial charge in [-0.2, -0.15) is 0 Å². The fourth-order valence-corrected chi connectivity index (χ4v) is 9.83. The van der Waals surface area contributed by atoms with Crippen LogP contribution in [0.4, 0.5) is 5.69 Å². The van der Waals surface area contributed by atoms with Gasteiger partial charge in [-0.25, -0.2) is 0 Å². The van der Waals surface area contributed by atoms with E-state index in [9.17, 15) is 0 Å². The number of anilines is 1. The number of para-hydroxylation sites is 2. The fraction of sp³-hybridized carbons (Fsp3) is 0.250. The van der Waals surface area contributed by atoms with Gasteiger partial charge in [0.25, 0.3) is 0 Å². The van der Waals surface area contributed by atoms with Gasteiger partial charge in [-0.15, -0.1) is 0 Å². The van der Waals surface area contributed by atoms with E-state index in [4.69, 9.17) is 9.47 Å². The molecule has 5 heterocycles. The Kier molecular flexibility index (Phi) is 5.84. The van der Waals surface area contributed by atoms with Crippen molar-refractivity contribution in [2.45, 2.75) is 55.5 Å². The second-order valence-electron chi connectivity index (χ2n) is 14.4. The van der Waals surface area contributed by atoms with Crippen LogP contribution in [0.15, 0.2) is 143 Å². The van der Waals surface area contributed by atoms with Gasteiger partial charge in [0.1, 0.15) is 23.0 Å². The summed E-state index contributed by atoms with van der Waals surface area (Å²) < 4.78 is 13.9. The largest absolute Gasteiger partial charge is 0.461 e. The van der Waals surface area contributed by atoms with Gasteiger partial charge in [0.15, 0.2) is 0 Å². The molecule has 0 bridgehead atoms. The third-order valence-electron chi connectivity index (χ3n) is 12.0. The summed E-state index contributed by atoms with van der Waals surface area (Å²) in [5.74, 6) is 4.67. The first kappa shape index (κ1) is 27.6. The van der Waals surface area contributed by atoms with Gasteiger partial charge in [-0.05, 0) is 53.7 Å². The summed E-state index contributed by atoms with van der Waals surface area (Å²) in [7, 11) is 0. The van der Waals surface area contributed by atoms with Gasteiger partial charge in [-0.3, -0.25) is 4.99 Å². The number of ether oxygens (including phenoxy) is 2. The number of nitrogens with one attached hydrogen (secondary N) is 1. The van der Waals surface area contributed by atoms with E-state index in [1.807, 2.05) is 6.21 Å². The molecular formula is C44H37N3O2. The standard InChI is InChI=1S/C44H37N3O2/c1-4-13-37-31(10-1)43-38(21-23-46-43)47(37)30-17-19-35-42(26-30)49-40-15-6-3-12-33(40)44(35)32-11-2-5-14-39(32)48-41-25-28(16-18-34(41)44)27-8-7-9-29(24-27)36-20-22-45-36/h1-15,17,19,22,24,26,28,31,36-37,46H,16,18,20-21,23,25H2. The van der Waals surface area contributed by atoms with Crippen molar-refractivity contribution < 1.29 is 9.47 Å². The summed E-state index contributed by atoms with van der Waals surface area (Å²) in [5.41, 5.74) is 11.2. The molecule has 5 atom stereocenters. The number of hydrogen-bond donors (Lipinski definition) is 1. The number of rotatable bonds is 3. The molecule has 1 N–H and O–H groups in total. The highest BCUT2D eigenvalue weighted by atomic mass is 16.5. The molecule has 0 fully saturated rings. The maximum Gasteiger partial charge on any atom is 0.134 e. The Hall–Kier alpha value is -5.29. The molecule has 0 radical (unpaired) electrons. The maximum absolute atomic E-state index is 6.95. The Labute approximate surface area is 287 Å². The summed E-state index contributed by atoms with van der Waals surface area (Å²) in [6.45, 7) is 0.993. The minimum atomic E-state index is -0.499. The zero-order chi connectivity index (χ0) is 32.1. The lowest BCUT2D eigenvalue weighted by Gasteiger charge is -2.48. The van der Waals surface area contributed by atoms with Crippen molar-refractivity contribution in [3.8, 4) is 17.2 Å². The van der Waals surface area contributed by atoms with Crippen LogP contribution in [0.3, 0.4) is 0 Å². The van der Waals surface area contributed by atoms with Crippen LogP contribution >= 0.6 is 0 Å². The van der Waals surface area contributed by atoms with Crippen LogP contribution in [0.25, 0.3) is 0 Å². The molecule has 240 valence electrons.